The monoisotopic (exact) mass is 400 g/mol. The van der Waals surface area contributed by atoms with Gasteiger partial charge in [-0.25, -0.2) is 0 Å². The first kappa shape index (κ1) is 21.0. The van der Waals surface area contributed by atoms with E-state index in [-0.39, 0.29) is 17.7 Å². The van der Waals surface area contributed by atoms with E-state index in [0.717, 1.165) is 13.1 Å². The third-order valence-electron chi connectivity index (χ3n) is 5.19. The number of anilines is 1. The van der Waals surface area contributed by atoms with Gasteiger partial charge < -0.3 is 19.9 Å². The first-order valence-corrected chi connectivity index (χ1v) is 9.83. The van der Waals surface area contributed by atoms with E-state index >= 15 is 0 Å². The molecule has 2 aliphatic rings. The summed E-state index contributed by atoms with van der Waals surface area (Å²) >= 11 is 0. The van der Waals surface area contributed by atoms with Crippen molar-refractivity contribution in [2.75, 3.05) is 58.8 Å². The molecule has 1 aromatic carbocycles. The van der Waals surface area contributed by atoms with Crippen molar-refractivity contribution < 1.29 is 19.1 Å². The number of nitrogens with zero attached hydrogens (tertiary/aromatic N) is 3. The molecule has 0 atom stereocenters. The number of hydrogen-bond donors (Lipinski definition) is 1. The number of methoxy groups -OCH3 is 1. The van der Waals surface area contributed by atoms with E-state index in [1.807, 2.05) is 11.9 Å². The smallest absolute Gasteiger partial charge is 0.277 e. The normalized spacial score (nSPS) is 18.0. The van der Waals surface area contributed by atoms with Gasteiger partial charge in [0.25, 0.3) is 11.8 Å². The van der Waals surface area contributed by atoms with Crippen molar-refractivity contribution >= 4 is 29.0 Å². The van der Waals surface area contributed by atoms with Gasteiger partial charge in [-0.2, -0.15) is 0 Å². The van der Waals surface area contributed by atoms with Crippen molar-refractivity contribution in [3.05, 3.63) is 35.5 Å². The highest BCUT2D eigenvalue weighted by molar-refractivity contribution is 6.35. The largest absolute Gasteiger partial charge is 0.385 e. The van der Waals surface area contributed by atoms with Gasteiger partial charge in [0.1, 0.15) is 5.70 Å². The van der Waals surface area contributed by atoms with Crippen molar-refractivity contribution in [3.63, 3.8) is 0 Å². The predicted molar refractivity (Wildman–Crippen MR) is 110 cm³/mol. The lowest BCUT2D eigenvalue weighted by Crippen LogP contribution is -2.46. The van der Waals surface area contributed by atoms with Gasteiger partial charge in [-0.15, -0.1) is 0 Å². The molecular weight excluding hydrogens is 372 g/mol. The third kappa shape index (κ3) is 4.65. The van der Waals surface area contributed by atoms with E-state index < -0.39 is 0 Å². The summed E-state index contributed by atoms with van der Waals surface area (Å²) in [5, 5.41) is 2.72. The van der Waals surface area contributed by atoms with Crippen molar-refractivity contribution in [1.82, 2.24) is 14.7 Å². The van der Waals surface area contributed by atoms with E-state index in [4.69, 9.17) is 4.74 Å². The number of rotatable bonds is 7. The molecule has 0 unspecified atom stereocenters. The fraction of sp³-hybridized carbons (Fsp3) is 0.476. The van der Waals surface area contributed by atoms with Crippen LogP contribution in [0.4, 0.5) is 5.69 Å². The molecule has 1 aromatic rings. The van der Waals surface area contributed by atoms with Gasteiger partial charge in [0, 0.05) is 59.1 Å². The van der Waals surface area contributed by atoms with Gasteiger partial charge in [0.15, 0.2) is 0 Å². The van der Waals surface area contributed by atoms with Crippen molar-refractivity contribution in [3.8, 4) is 0 Å². The minimum atomic E-state index is -0.271. The van der Waals surface area contributed by atoms with Crippen LogP contribution in [0.3, 0.4) is 0 Å². The van der Waals surface area contributed by atoms with Gasteiger partial charge in [-0.3, -0.25) is 19.3 Å². The Hall–Kier alpha value is -2.71. The Balaban J connectivity index is 1.93. The summed E-state index contributed by atoms with van der Waals surface area (Å²) < 4.78 is 5.07. The number of ether oxygens (including phenoxy) is 1. The Kier molecular flexibility index (Phi) is 6.66. The summed E-state index contributed by atoms with van der Waals surface area (Å²) in [5.41, 5.74) is 2.25. The molecule has 8 nitrogen and oxygen atoms in total. The number of benzene rings is 1. The molecule has 0 radical (unpaired) electrons. The van der Waals surface area contributed by atoms with Crippen LogP contribution in [-0.2, 0) is 19.1 Å². The second-order valence-corrected chi connectivity index (χ2v) is 7.38. The van der Waals surface area contributed by atoms with Gasteiger partial charge in [0.2, 0.25) is 5.91 Å². The van der Waals surface area contributed by atoms with E-state index in [0.29, 0.717) is 55.2 Å². The lowest BCUT2D eigenvalue weighted by Gasteiger charge is -2.34. The molecule has 29 heavy (non-hydrogen) atoms. The summed E-state index contributed by atoms with van der Waals surface area (Å²) in [6, 6.07) is 7.05. The van der Waals surface area contributed by atoms with E-state index in [1.54, 1.807) is 31.4 Å². The maximum atomic E-state index is 13.2. The van der Waals surface area contributed by atoms with Gasteiger partial charge in [-0.1, -0.05) is 12.1 Å². The minimum absolute atomic E-state index is 0.161. The zero-order chi connectivity index (χ0) is 21.0. The van der Waals surface area contributed by atoms with Gasteiger partial charge >= 0.3 is 0 Å². The molecule has 0 spiro atoms. The molecule has 3 rings (SSSR count). The van der Waals surface area contributed by atoms with E-state index in [9.17, 15) is 14.4 Å². The number of carbonyl (C=O) groups is 3. The summed E-state index contributed by atoms with van der Waals surface area (Å²) in [5.74, 6) is -0.671. The summed E-state index contributed by atoms with van der Waals surface area (Å²) in [7, 11) is 3.65. The van der Waals surface area contributed by atoms with Crippen LogP contribution in [0.1, 0.15) is 18.9 Å². The molecule has 0 aromatic heterocycles. The van der Waals surface area contributed by atoms with Crippen molar-refractivity contribution in [2.45, 2.75) is 13.3 Å². The lowest BCUT2D eigenvalue weighted by atomic mass is 10.0. The Labute approximate surface area is 171 Å². The SMILES string of the molecule is COCCCN1C(=O)C(c2ccc(NC(C)=O)cc2)=C(N2CCN(C)CC2)C1=O. The second kappa shape index (κ2) is 9.19. The Bertz CT molecular complexity index is 810. The predicted octanol–water partition coefficient (Wildman–Crippen LogP) is 1.01. The van der Waals surface area contributed by atoms with Crippen LogP contribution in [-0.4, -0.2) is 85.9 Å². The lowest BCUT2D eigenvalue weighted by molar-refractivity contribution is -0.137. The quantitative estimate of drug-likeness (QED) is 0.543. The van der Waals surface area contributed by atoms with Crippen molar-refractivity contribution in [2.24, 2.45) is 0 Å². The topological polar surface area (TPSA) is 82.2 Å². The molecule has 1 fully saturated rings. The number of piperazine rings is 1. The number of carbonyl (C=O) groups excluding carboxylic acids is 3. The summed E-state index contributed by atoms with van der Waals surface area (Å²) in [6.45, 7) is 5.33. The Morgan fingerprint density at radius 2 is 1.72 bits per heavy atom. The average molecular weight is 400 g/mol. The molecule has 1 N–H and O–H groups in total. The van der Waals surface area contributed by atoms with Gasteiger partial charge in [-0.05, 0) is 31.2 Å². The summed E-state index contributed by atoms with van der Waals surface area (Å²) in [6.07, 6.45) is 0.596. The van der Waals surface area contributed by atoms with Crippen molar-refractivity contribution in [1.29, 1.82) is 0 Å². The number of likely N-dealkylation sites (N-methyl/N-ethyl adjacent to an activating group) is 1. The second-order valence-electron chi connectivity index (χ2n) is 7.38. The highest BCUT2D eigenvalue weighted by Gasteiger charge is 2.41. The maximum absolute atomic E-state index is 13.2. The van der Waals surface area contributed by atoms with Crippen LogP contribution in [0, 0.1) is 0 Å². The van der Waals surface area contributed by atoms with Crippen LogP contribution < -0.4 is 5.32 Å². The molecule has 3 amide bonds. The molecule has 1 saturated heterocycles. The average Bonchev–Trinajstić information content (AvgIpc) is 2.94. The molecule has 0 bridgehead atoms. The zero-order valence-corrected chi connectivity index (χ0v) is 17.2. The minimum Gasteiger partial charge on any atom is -0.385 e. The molecule has 8 heteroatoms. The zero-order valence-electron chi connectivity index (χ0n) is 17.2. The number of nitrogens with one attached hydrogen (secondary N) is 1. The highest BCUT2D eigenvalue weighted by atomic mass is 16.5. The molecule has 0 aliphatic carbocycles. The Morgan fingerprint density at radius 1 is 1.07 bits per heavy atom. The number of amides is 3. The molecular formula is C21H28N4O4. The molecule has 2 heterocycles. The third-order valence-corrected chi connectivity index (χ3v) is 5.19. The van der Waals surface area contributed by atoms with E-state index in [2.05, 4.69) is 10.2 Å². The van der Waals surface area contributed by atoms with Gasteiger partial charge in [0.05, 0.1) is 5.57 Å². The molecule has 0 saturated carbocycles. The van der Waals surface area contributed by atoms with Crippen LogP contribution >= 0.6 is 0 Å². The molecule has 156 valence electrons. The van der Waals surface area contributed by atoms with Crippen LogP contribution in [0.2, 0.25) is 0 Å². The van der Waals surface area contributed by atoms with E-state index in [1.165, 1.54) is 11.8 Å². The molecule has 2 aliphatic heterocycles. The standard InChI is InChI=1S/C21H28N4O4/c1-15(26)22-17-7-5-16(6-8-17)18-19(24-12-10-23(2)11-13-24)21(28)25(20(18)27)9-4-14-29-3/h5-8H,4,9-14H2,1-3H3,(H,22,26). The maximum Gasteiger partial charge on any atom is 0.277 e. The Morgan fingerprint density at radius 3 is 2.31 bits per heavy atom. The first-order valence-electron chi connectivity index (χ1n) is 9.83. The number of imide groups is 1. The van der Waals surface area contributed by atoms with Crippen LogP contribution in [0.5, 0.6) is 0 Å². The van der Waals surface area contributed by atoms with Crippen LogP contribution in [0.15, 0.2) is 30.0 Å². The fourth-order valence-corrected chi connectivity index (χ4v) is 3.64. The van der Waals surface area contributed by atoms with Crippen LogP contribution in [0.25, 0.3) is 5.57 Å². The number of hydrogen-bond acceptors (Lipinski definition) is 6. The fourth-order valence-electron chi connectivity index (χ4n) is 3.64. The highest BCUT2D eigenvalue weighted by Crippen LogP contribution is 2.32. The summed E-state index contributed by atoms with van der Waals surface area (Å²) in [4.78, 5) is 43.2. The first-order chi connectivity index (χ1) is 13.9.